The highest BCUT2D eigenvalue weighted by atomic mass is 32.2. The van der Waals surface area contributed by atoms with Gasteiger partial charge in [-0.2, -0.15) is 0 Å². The van der Waals surface area contributed by atoms with E-state index in [0.29, 0.717) is 16.6 Å². The van der Waals surface area contributed by atoms with E-state index < -0.39 is 9.84 Å². The van der Waals surface area contributed by atoms with Crippen molar-refractivity contribution in [2.75, 3.05) is 6.26 Å². The van der Waals surface area contributed by atoms with Crippen molar-refractivity contribution in [2.24, 2.45) is 5.92 Å². The molecule has 158 valence electrons. The quantitative estimate of drug-likeness (QED) is 0.582. The molecule has 1 aliphatic carbocycles. The van der Waals surface area contributed by atoms with Crippen molar-refractivity contribution in [3.63, 3.8) is 0 Å². The number of rotatable bonds is 6. The Hall–Kier alpha value is -2.67. The fourth-order valence-electron chi connectivity index (χ4n) is 4.40. The van der Waals surface area contributed by atoms with Gasteiger partial charge in [0.25, 0.3) is 0 Å². The number of aromatic nitrogens is 2. The molecule has 0 radical (unpaired) electrons. The molecule has 1 N–H and O–H groups in total. The van der Waals surface area contributed by atoms with Crippen LogP contribution in [0.25, 0.3) is 11.0 Å². The van der Waals surface area contributed by atoms with E-state index in [1.54, 1.807) is 12.1 Å². The minimum absolute atomic E-state index is 0.119. The van der Waals surface area contributed by atoms with E-state index in [1.807, 2.05) is 18.2 Å². The molecule has 1 unspecified atom stereocenters. The summed E-state index contributed by atoms with van der Waals surface area (Å²) in [4.78, 5) is 19.4. The summed E-state index contributed by atoms with van der Waals surface area (Å²) in [7, 11) is -3.23. The minimum Gasteiger partial charge on any atom is -0.425 e. The molecule has 30 heavy (non-hydrogen) atoms. The number of hydrogen-bond acceptors (Lipinski definition) is 5. The lowest BCUT2D eigenvalue weighted by molar-refractivity contribution is -0.131. The van der Waals surface area contributed by atoms with Crippen LogP contribution in [-0.2, 0) is 14.6 Å². The van der Waals surface area contributed by atoms with Crippen LogP contribution in [0.2, 0.25) is 0 Å². The molecule has 1 atom stereocenters. The van der Waals surface area contributed by atoms with Gasteiger partial charge in [-0.05, 0) is 42.2 Å². The van der Waals surface area contributed by atoms with Gasteiger partial charge in [-0.1, -0.05) is 37.8 Å². The van der Waals surface area contributed by atoms with Gasteiger partial charge in [0.1, 0.15) is 11.4 Å². The number of carbonyl (C=O) groups is 1. The fraction of sp³-hybridized carbons (Fsp3) is 0.391. The molecule has 1 aromatic carbocycles. The average molecular weight is 427 g/mol. The van der Waals surface area contributed by atoms with Gasteiger partial charge in [0.15, 0.2) is 9.84 Å². The van der Waals surface area contributed by atoms with Crippen molar-refractivity contribution in [1.29, 1.82) is 0 Å². The van der Waals surface area contributed by atoms with Gasteiger partial charge in [-0.3, -0.25) is 4.79 Å². The Bertz CT molecular complexity index is 1160. The summed E-state index contributed by atoms with van der Waals surface area (Å²) in [6.07, 6.45) is 8.76. The Morgan fingerprint density at radius 2 is 1.90 bits per heavy atom. The fourth-order valence-corrected chi connectivity index (χ4v) is 5.03. The summed E-state index contributed by atoms with van der Waals surface area (Å²) in [6.45, 7) is 1.37. The predicted molar refractivity (Wildman–Crippen MR) is 115 cm³/mol. The van der Waals surface area contributed by atoms with E-state index in [-0.39, 0.29) is 11.9 Å². The summed E-state index contributed by atoms with van der Waals surface area (Å²) in [5, 5.41) is 0.882. The lowest BCUT2D eigenvalue weighted by Gasteiger charge is -2.20. The van der Waals surface area contributed by atoms with Crippen LogP contribution in [0.1, 0.15) is 56.2 Å². The summed E-state index contributed by atoms with van der Waals surface area (Å²) >= 11 is 0. The van der Waals surface area contributed by atoms with E-state index in [2.05, 4.69) is 16.0 Å². The Labute approximate surface area is 176 Å². The van der Waals surface area contributed by atoms with E-state index in [1.165, 1.54) is 45.1 Å². The minimum atomic E-state index is -3.23. The first-order valence-corrected chi connectivity index (χ1v) is 12.2. The van der Waals surface area contributed by atoms with E-state index >= 15 is 0 Å². The molecule has 0 saturated heterocycles. The molecule has 2 heterocycles. The van der Waals surface area contributed by atoms with Gasteiger partial charge in [0, 0.05) is 30.2 Å². The van der Waals surface area contributed by atoms with Crippen molar-refractivity contribution in [1.82, 2.24) is 9.97 Å². The summed E-state index contributed by atoms with van der Waals surface area (Å²) in [5.74, 6) is 0.816. The molecule has 1 aliphatic rings. The maximum absolute atomic E-state index is 11.8. The van der Waals surface area contributed by atoms with Crippen molar-refractivity contribution < 1.29 is 17.9 Å². The monoisotopic (exact) mass is 426 g/mol. The third kappa shape index (κ3) is 4.56. The molecule has 7 heteroatoms. The van der Waals surface area contributed by atoms with Crippen LogP contribution in [0, 0.1) is 5.92 Å². The number of sulfone groups is 1. The van der Waals surface area contributed by atoms with Gasteiger partial charge in [0.05, 0.1) is 11.1 Å². The first kappa shape index (κ1) is 20.6. The van der Waals surface area contributed by atoms with Crippen LogP contribution < -0.4 is 4.74 Å². The number of carbonyl (C=O) groups excluding carboxylic acids is 1. The number of nitrogens with zero attached hydrogens (tertiary/aromatic N) is 1. The lowest BCUT2D eigenvalue weighted by Crippen LogP contribution is -2.08. The summed E-state index contributed by atoms with van der Waals surface area (Å²) < 4.78 is 28.8. The lowest BCUT2D eigenvalue weighted by atomic mass is 9.85. The molecular weight excluding hydrogens is 400 g/mol. The zero-order chi connectivity index (χ0) is 21.3. The van der Waals surface area contributed by atoms with Crippen LogP contribution in [0.5, 0.6) is 5.75 Å². The number of nitrogens with one attached hydrogen (secondary N) is 1. The molecular formula is C23H26N2O4S. The second kappa shape index (κ2) is 8.22. The molecule has 1 saturated carbocycles. The number of ether oxygens (including phenoxy) is 1. The Morgan fingerprint density at radius 3 is 2.53 bits per heavy atom. The third-order valence-electron chi connectivity index (χ3n) is 5.86. The number of hydrogen-bond donors (Lipinski definition) is 1. The zero-order valence-electron chi connectivity index (χ0n) is 17.2. The largest absolute Gasteiger partial charge is 0.425 e. The molecule has 2 aromatic heterocycles. The third-order valence-corrected chi connectivity index (χ3v) is 6.99. The van der Waals surface area contributed by atoms with Crippen LogP contribution in [0.15, 0.2) is 47.5 Å². The first-order chi connectivity index (χ1) is 14.3. The Kier molecular flexibility index (Phi) is 5.64. The smallest absolute Gasteiger partial charge is 0.308 e. The summed E-state index contributed by atoms with van der Waals surface area (Å²) in [6, 6.07) is 11.1. The van der Waals surface area contributed by atoms with Crippen molar-refractivity contribution >= 4 is 26.8 Å². The normalized spacial score (nSPS) is 16.1. The van der Waals surface area contributed by atoms with Gasteiger partial charge < -0.3 is 9.72 Å². The topological polar surface area (TPSA) is 89.1 Å². The van der Waals surface area contributed by atoms with E-state index in [9.17, 15) is 13.2 Å². The average Bonchev–Trinajstić information content (AvgIpc) is 3.34. The highest BCUT2D eigenvalue weighted by Crippen LogP contribution is 2.38. The van der Waals surface area contributed by atoms with E-state index in [4.69, 9.17) is 4.74 Å². The van der Waals surface area contributed by atoms with Crippen LogP contribution in [0.3, 0.4) is 0 Å². The standard InChI is InChI=1S/C23H26N2O4S/c1-15(26)29-19-12-18-13-22(25-23(18)24-14-19)21(11-16-5-3-4-6-16)17-7-9-20(10-8-17)30(2,27)28/h7-10,12-14,16,21H,3-6,11H2,1-2H3,(H,24,25). The zero-order valence-corrected chi connectivity index (χ0v) is 18.0. The van der Waals surface area contributed by atoms with Crippen molar-refractivity contribution in [3.05, 3.63) is 53.9 Å². The number of esters is 1. The van der Waals surface area contributed by atoms with Gasteiger partial charge in [-0.15, -0.1) is 0 Å². The van der Waals surface area contributed by atoms with Crippen molar-refractivity contribution in [3.8, 4) is 5.75 Å². The predicted octanol–water partition coefficient (Wildman–Crippen LogP) is 4.60. The Balaban J connectivity index is 1.70. The molecule has 3 aromatic rings. The molecule has 0 aliphatic heterocycles. The highest BCUT2D eigenvalue weighted by Gasteiger charge is 2.24. The van der Waals surface area contributed by atoms with Crippen LogP contribution in [0.4, 0.5) is 0 Å². The molecule has 0 amide bonds. The molecule has 1 fully saturated rings. The maximum atomic E-state index is 11.8. The molecule has 0 bridgehead atoms. The van der Waals surface area contributed by atoms with Crippen molar-refractivity contribution in [2.45, 2.75) is 49.8 Å². The molecule has 4 rings (SSSR count). The van der Waals surface area contributed by atoms with Gasteiger partial charge in [-0.25, -0.2) is 13.4 Å². The van der Waals surface area contributed by atoms with Gasteiger partial charge >= 0.3 is 5.97 Å². The second-order valence-electron chi connectivity index (χ2n) is 8.21. The second-order valence-corrected chi connectivity index (χ2v) is 10.2. The molecule has 6 nitrogen and oxygen atoms in total. The van der Waals surface area contributed by atoms with Gasteiger partial charge in [0.2, 0.25) is 0 Å². The molecule has 0 spiro atoms. The SMILES string of the molecule is CC(=O)Oc1cnc2[nH]c(C(CC3CCCC3)c3ccc(S(C)(=O)=O)cc3)cc2c1. The highest BCUT2D eigenvalue weighted by molar-refractivity contribution is 7.90. The number of benzene rings is 1. The summed E-state index contributed by atoms with van der Waals surface area (Å²) in [5.41, 5.74) is 2.86. The number of H-pyrrole nitrogens is 1. The maximum Gasteiger partial charge on any atom is 0.308 e. The number of pyridine rings is 1. The van der Waals surface area contributed by atoms with Crippen LogP contribution in [-0.4, -0.2) is 30.6 Å². The van der Waals surface area contributed by atoms with E-state index in [0.717, 1.165) is 28.7 Å². The number of aromatic amines is 1. The first-order valence-electron chi connectivity index (χ1n) is 10.3. The number of fused-ring (bicyclic) bond motifs is 1. The van der Waals surface area contributed by atoms with Crippen LogP contribution >= 0.6 is 0 Å². The Morgan fingerprint density at radius 1 is 1.20 bits per heavy atom.